The molecule has 0 fully saturated rings. The van der Waals surface area contributed by atoms with Crippen molar-refractivity contribution in [2.24, 2.45) is 7.05 Å². The van der Waals surface area contributed by atoms with E-state index in [0.717, 1.165) is 10.9 Å². The number of aromatic nitrogens is 4. The minimum atomic E-state index is -0.332. The Bertz CT molecular complexity index is 1200. The Morgan fingerprint density at radius 2 is 2.11 bits per heavy atom. The Hall–Kier alpha value is -3.42. The summed E-state index contributed by atoms with van der Waals surface area (Å²) in [7, 11) is 1.59. The summed E-state index contributed by atoms with van der Waals surface area (Å²) in [4.78, 5) is 29.0. The third-order valence-corrected chi connectivity index (χ3v) is 4.56. The highest BCUT2D eigenvalue weighted by molar-refractivity contribution is 6.06. The number of furan rings is 1. The Morgan fingerprint density at radius 1 is 1.30 bits per heavy atom. The maximum Gasteiger partial charge on any atom is 0.265 e. The van der Waals surface area contributed by atoms with Crippen LogP contribution in [0.4, 0.5) is 0 Å². The lowest BCUT2D eigenvalue weighted by atomic mass is 10.1. The minimum absolute atomic E-state index is 0.184. The third-order valence-electron chi connectivity index (χ3n) is 4.56. The fourth-order valence-electron chi connectivity index (χ4n) is 3.18. The van der Waals surface area contributed by atoms with Crippen molar-refractivity contribution in [3.05, 3.63) is 58.5 Å². The Labute approximate surface area is 154 Å². The number of aryl methyl sites for hydroxylation is 3. The maximum atomic E-state index is 12.6. The van der Waals surface area contributed by atoms with E-state index in [0.29, 0.717) is 25.3 Å². The van der Waals surface area contributed by atoms with Crippen LogP contribution in [-0.4, -0.2) is 31.8 Å². The molecule has 1 N–H and O–H groups in total. The maximum absolute atomic E-state index is 12.6. The molecule has 0 unspecified atom stereocenters. The van der Waals surface area contributed by atoms with Gasteiger partial charge in [0.2, 0.25) is 5.71 Å². The van der Waals surface area contributed by atoms with Crippen molar-refractivity contribution >= 4 is 27.9 Å². The van der Waals surface area contributed by atoms with Crippen molar-refractivity contribution < 1.29 is 9.21 Å². The van der Waals surface area contributed by atoms with Crippen LogP contribution in [0.5, 0.6) is 0 Å². The van der Waals surface area contributed by atoms with E-state index in [1.165, 1.54) is 10.9 Å². The first-order valence-corrected chi connectivity index (χ1v) is 8.69. The SMILES string of the molecule is Cc1oc2ncn(C)c(=O)c2c1C(=O)NCCCn1ncc2ccccc21. The lowest BCUT2D eigenvalue weighted by Crippen LogP contribution is -2.27. The highest BCUT2D eigenvalue weighted by atomic mass is 16.3. The second-order valence-electron chi connectivity index (χ2n) is 6.41. The smallest absolute Gasteiger partial charge is 0.265 e. The molecule has 4 aromatic rings. The zero-order valence-electron chi connectivity index (χ0n) is 15.1. The number of nitrogens with zero attached hydrogens (tertiary/aromatic N) is 4. The van der Waals surface area contributed by atoms with E-state index in [1.807, 2.05) is 35.1 Å². The van der Waals surface area contributed by atoms with E-state index in [2.05, 4.69) is 15.4 Å². The van der Waals surface area contributed by atoms with Gasteiger partial charge in [0.15, 0.2) is 0 Å². The van der Waals surface area contributed by atoms with Gasteiger partial charge in [0, 0.05) is 25.5 Å². The van der Waals surface area contributed by atoms with Gasteiger partial charge in [0.25, 0.3) is 11.5 Å². The van der Waals surface area contributed by atoms with Gasteiger partial charge in [-0.15, -0.1) is 0 Å². The number of benzene rings is 1. The van der Waals surface area contributed by atoms with Crippen molar-refractivity contribution in [2.75, 3.05) is 6.54 Å². The van der Waals surface area contributed by atoms with Gasteiger partial charge in [-0.05, 0) is 19.4 Å². The van der Waals surface area contributed by atoms with E-state index in [4.69, 9.17) is 4.42 Å². The Morgan fingerprint density at radius 3 is 2.96 bits per heavy atom. The number of carbonyl (C=O) groups is 1. The summed E-state index contributed by atoms with van der Waals surface area (Å²) in [5.74, 6) is 0.0537. The van der Waals surface area contributed by atoms with Crippen LogP contribution in [0, 0.1) is 6.92 Å². The van der Waals surface area contributed by atoms with E-state index in [1.54, 1.807) is 14.0 Å². The van der Waals surface area contributed by atoms with Gasteiger partial charge < -0.3 is 14.3 Å². The first kappa shape index (κ1) is 17.0. The molecular weight excluding hydrogens is 346 g/mol. The lowest BCUT2D eigenvalue weighted by molar-refractivity contribution is 0.0952. The van der Waals surface area contributed by atoms with Crippen LogP contribution in [0.2, 0.25) is 0 Å². The highest BCUT2D eigenvalue weighted by Crippen LogP contribution is 2.20. The lowest BCUT2D eigenvalue weighted by Gasteiger charge is -2.06. The van der Waals surface area contributed by atoms with Crippen LogP contribution in [0.15, 0.2) is 46.0 Å². The molecule has 0 saturated carbocycles. The number of hydrogen-bond donors (Lipinski definition) is 1. The summed E-state index contributed by atoms with van der Waals surface area (Å²) in [5.41, 5.74) is 1.20. The molecule has 0 aliphatic carbocycles. The van der Waals surface area contributed by atoms with Crippen molar-refractivity contribution in [3.63, 3.8) is 0 Å². The van der Waals surface area contributed by atoms with Gasteiger partial charge in [-0.1, -0.05) is 18.2 Å². The summed E-state index contributed by atoms with van der Waals surface area (Å²) in [6.07, 6.45) is 3.92. The molecule has 0 atom stereocenters. The fraction of sp³-hybridized carbons (Fsp3) is 0.263. The third kappa shape index (κ3) is 2.99. The van der Waals surface area contributed by atoms with Gasteiger partial charge in [-0.2, -0.15) is 5.10 Å². The van der Waals surface area contributed by atoms with Crippen LogP contribution in [0.1, 0.15) is 22.5 Å². The number of carbonyl (C=O) groups excluding carboxylic acids is 1. The average Bonchev–Trinajstić information content (AvgIpc) is 3.23. The molecule has 1 aromatic carbocycles. The van der Waals surface area contributed by atoms with E-state index >= 15 is 0 Å². The standard InChI is InChI=1S/C19H19N5O3/c1-12-15(16-18(27-12)21-11-23(2)19(16)26)17(25)20-8-5-9-24-14-7-4-3-6-13(14)10-22-24/h3-4,6-7,10-11H,5,8-9H2,1-2H3,(H,20,25). The molecular formula is C19H19N5O3. The van der Waals surface area contributed by atoms with Gasteiger partial charge in [-0.25, -0.2) is 4.98 Å². The normalized spacial score (nSPS) is 11.3. The Kier molecular flexibility index (Phi) is 4.23. The van der Waals surface area contributed by atoms with Crippen molar-refractivity contribution in [1.82, 2.24) is 24.6 Å². The number of hydrogen-bond acceptors (Lipinski definition) is 5. The molecule has 0 spiro atoms. The molecule has 3 aromatic heterocycles. The molecule has 0 bridgehead atoms. The molecule has 138 valence electrons. The monoisotopic (exact) mass is 365 g/mol. The number of fused-ring (bicyclic) bond motifs is 2. The molecule has 0 saturated heterocycles. The fourth-order valence-corrected chi connectivity index (χ4v) is 3.18. The summed E-state index contributed by atoms with van der Waals surface area (Å²) in [6.45, 7) is 2.80. The van der Waals surface area contributed by atoms with Gasteiger partial charge in [0.05, 0.1) is 17.3 Å². The summed E-state index contributed by atoms with van der Waals surface area (Å²) in [6, 6.07) is 7.99. The highest BCUT2D eigenvalue weighted by Gasteiger charge is 2.22. The summed E-state index contributed by atoms with van der Waals surface area (Å²) < 4.78 is 8.72. The largest absolute Gasteiger partial charge is 0.442 e. The Balaban J connectivity index is 1.46. The van der Waals surface area contributed by atoms with Crippen LogP contribution in [-0.2, 0) is 13.6 Å². The topological polar surface area (TPSA) is 95.0 Å². The number of nitrogens with one attached hydrogen (secondary N) is 1. The second-order valence-corrected chi connectivity index (χ2v) is 6.41. The van der Waals surface area contributed by atoms with Crippen molar-refractivity contribution in [3.8, 4) is 0 Å². The van der Waals surface area contributed by atoms with Crippen LogP contribution < -0.4 is 10.9 Å². The first-order chi connectivity index (χ1) is 13.1. The molecule has 4 rings (SSSR count). The van der Waals surface area contributed by atoms with Gasteiger partial charge >= 0.3 is 0 Å². The second kappa shape index (κ2) is 6.71. The quantitative estimate of drug-likeness (QED) is 0.546. The van der Waals surface area contributed by atoms with Crippen LogP contribution in [0.3, 0.4) is 0 Å². The number of rotatable bonds is 5. The molecule has 0 aliphatic heterocycles. The average molecular weight is 365 g/mol. The summed E-state index contributed by atoms with van der Waals surface area (Å²) in [5, 5.41) is 8.54. The van der Waals surface area contributed by atoms with E-state index in [-0.39, 0.29) is 28.1 Å². The predicted octanol–water partition coefficient (Wildman–Crippen LogP) is 2.00. The number of para-hydroxylation sites is 1. The molecule has 0 aliphatic rings. The van der Waals surface area contributed by atoms with Crippen molar-refractivity contribution in [2.45, 2.75) is 19.9 Å². The van der Waals surface area contributed by atoms with Crippen LogP contribution >= 0.6 is 0 Å². The molecule has 8 heteroatoms. The predicted molar refractivity (Wildman–Crippen MR) is 101 cm³/mol. The first-order valence-electron chi connectivity index (χ1n) is 8.69. The van der Waals surface area contributed by atoms with Crippen LogP contribution in [0.25, 0.3) is 22.0 Å². The van der Waals surface area contributed by atoms with Crippen molar-refractivity contribution in [1.29, 1.82) is 0 Å². The molecule has 0 radical (unpaired) electrons. The van der Waals surface area contributed by atoms with E-state index < -0.39 is 0 Å². The van der Waals surface area contributed by atoms with Gasteiger partial charge in [-0.3, -0.25) is 14.3 Å². The zero-order valence-corrected chi connectivity index (χ0v) is 15.1. The minimum Gasteiger partial charge on any atom is -0.442 e. The number of amides is 1. The summed E-state index contributed by atoms with van der Waals surface area (Å²) >= 11 is 0. The van der Waals surface area contributed by atoms with Gasteiger partial charge in [0.1, 0.15) is 17.5 Å². The molecule has 3 heterocycles. The molecule has 8 nitrogen and oxygen atoms in total. The zero-order chi connectivity index (χ0) is 19.0. The van der Waals surface area contributed by atoms with E-state index in [9.17, 15) is 9.59 Å². The molecule has 27 heavy (non-hydrogen) atoms. The molecule has 1 amide bonds.